The maximum Gasteiger partial charge on any atom is 0.251 e. The number of benzene rings is 1. The van der Waals surface area contributed by atoms with Crippen LogP contribution in [0.2, 0.25) is 0 Å². The highest BCUT2D eigenvalue weighted by Crippen LogP contribution is 2.27. The van der Waals surface area contributed by atoms with Gasteiger partial charge in [0.25, 0.3) is 5.91 Å². The Balaban J connectivity index is 1.48. The number of amides is 1. The lowest BCUT2D eigenvalue weighted by Crippen LogP contribution is -2.36. The van der Waals surface area contributed by atoms with Crippen molar-refractivity contribution in [3.63, 3.8) is 0 Å². The molecule has 2 fully saturated rings. The van der Waals surface area contributed by atoms with Gasteiger partial charge in [0.05, 0.1) is 0 Å². The molecule has 1 amide bonds. The van der Waals surface area contributed by atoms with E-state index in [1.807, 2.05) is 0 Å². The van der Waals surface area contributed by atoms with Crippen molar-refractivity contribution in [2.75, 3.05) is 19.6 Å². The van der Waals surface area contributed by atoms with Gasteiger partial charge in [-0.05, 0) is 50.8 Å². The predicted molar refractivity (Wildman–Crippen MR) is 95.3 cm³/mol. The number of carbonyl (C=O) groups excluding carboxylic acids is 2. The molecule has 0 aromatic heterocycles. The van der Waals surface area contributed by atoms with Crippen LogP contribution in [0.4, 0.5) is 0 Å². The number of nitrogens with zero attached hydrogens (tertiary/aromatic N) is 1. The Morgan fingerprint density at radius 2 is 1.88 bits per heavy atom. The average molecular weight is 328 g/mol. The number of nitrogens with one attached hydrogen (secondary N) is 1. The number of rotatable bonds is 5. The Morgan fingerprint density at radius 3 is 2.62 bits per heavy atom. The Hall–Kier alpha value is -1.68. The third kappa shape index (κ3) is 4.23. The van der Waals surface area contributed by atoms with Crippen LogP contribution in [0.5, 0.6) is 0 Å². The van der Waals surface area contributed by atoms with E-state index in [9.17, 15) is 9.59 Å². The molecule has 1 aliphatic carbocycles. The molecule has 1 heterocycles. The van der Waals surface area contributed by atoms with Crippen LogP contribution in [0.1, 0.15) is 66.2 Å². The molecule has 0 radical (unpaired) electrons. The fourth-order valence-electron chi connectivity index (χ4n) is 4.03. The Bertz CT molecular complexity index is 593. The van der Waals surface area contributed by atoms with Gasteiger partial charge in [0, 0.05) is 30.3 Å². The van der Waals surface area contributed by atoms with E-state index in [-0.39, 0.29) is 11.7 Å². The van der Waals surface area contributed by atoms with Crippen molar-refractivity contribution in [2.45, 2.75) is 51.5 Å². The minimum atomic E-state index is -0.0748. The third-order valence-corrected chi connectivity index (χ3v) is 5.49. The largest absolute Gasteiger partial charge is 0.352 e. The van der Waals surface area contributed by atoms with Crippen molar-refractivity contribution >= 4 is 11.7 Å². The second-order valence-electron chi connectivity index (χ2n) is 7.29. The van der Waals surface area contributed by atoms with Crippen molar-refractivity contribution in [3.8, 4) is 0 Å². The third-order valence-electron chi connectivity index (χ3n) is 5.49. The van der Waals surface area contributed by atoms with Crippen LogP contribution in [0.3, 0.4) is 0 Å². The molecule has 1 aromatic rings. The Morgan fingerprint density at radius 1 is 1.12 bits per heavy atom. The van der Waals surface area contributed by atoms with Gasteiger partial charge in [-0.3, -0.25) is 9.59 Å². The maximum absolute atomic E-state index is 12.3. The van der Waals surface area contributed by atoms with Crippen LogP contribution < -0.4 is 5.32 Å². The molecule has 0 spiro atoms. The van der Waals surface area contributed by atoms with Crippen molar-refractivity contribution in [1.29, 1.82) is 0 Å². The normalized spacial score (nSPS) is 22.5. The van der Waals surface area contributed by atoms with Crippen molar-refractivity contribution in [3.05, 3.63) is 35.4 Å². The number of ketones is 1. The molecule has 1 atom stereocenters. The lowest BCUT2D eigenvalue weighted by Gasteiger charge is -2.31. The summed E-state index contributed by atoms with van der Waals surface area (Å²) in [6, 6.07) is 7.74. The summed E-state index contributed by atoms with van der Waals surface area (Å²) in [6.45, 7) is 4.53. The first kappa shape index (κ1) is 17.2. The molecule has 0 bridgehead atoms. The molecule has 130 valence electrons. The molecule has 1 aliphatic heterocycles. The van der Waals surface area contributed by atoms with E-state index in [0.717, 1.165) is 19.1 Å². The summed E-state index contributed by atoms with van der Waals surface area (Å²) in [5.74, 6) is 0.463. The lowest BCUT2D eigenvalue weighted by molar-refractivity contribution is 0.0946. The van der Waals surface area contributed by atoms with Gasteiger partial charge >= 0.3 is 0 Å². The molecule has 3 rings (SSSR count). The zero-order valence-electron chi connectivity index (χ0n) is 14.6. The highest BCUT2D eigenvalue weighted by Gasteiger charge is 2.29. The average Bonchev–Trinajstić information content (AvgIpc) is 3.09. The zero-order chi connectivity index (χ0) is 16.9. The smallest absolute Gasteiger partial charge is 0.251 e. The molecule has 1 saturated heterocycles. The van der Waals surface area contributed by atoms with Crippen LogP contribution in [0.15, 0.2) is 24.3 Å². The highest BCUT2D eigenvalue weighted by molar-refractivity contribution is 5.99. The van der Waals surface area contributed by atoms with Gasteiger partial charge in [-0.25, -0.2) is 0 Å². The van der Waals surface area contributed by atoms with Crippen LogP contribution in [0.25, 0.3) is 0 Å². The van der Waals surface area contributed by atoms with Crippen LogP contribution >= 0.6 is 0 Å². The summed E-state index contributed by atoms with van der Waals surface area (Å²) in [6.07, 6.45) is 7.99. The van der Waals surface area contributed by atoms with Gasteiger partial charge in [0.1, 0.15) is 0 Å². The SMILES string of the molecule is CC(=O)c1cccc(C(=O)NC[C@@H]2CCN(C3CCCCC3)C2)c1. The van der Waals surface area contributed by atoms with Crippen molar-refractivity contribution in [1.82, 2.24) is 10.2 Å². The summed E-state index contributed by atoms with van der Waals surface area (Å²) in [5, 5.41) is 3.05. The van der Waals surface area contributed by atoms with Crippen LogP contribution in [-0.4, -0.2) is 42.3 Å². The first-order valence-electron chi connectivity index (χ1n) is 9.27. The maximum atomic E-state index is 12.3. The van der Waals surface area contributed by atoms with Gasteiger partial charge in [-0.1, -0.05) is 31.4 Å². The van der Waals surface area contributed by atoms with Crippen molar-refractivity contribution in [2.24, 2.45) is 5.92 Å². The van der Waals surface area contributed by atoms with Crippen molar-refractivity contribution < 1.29 is 9.59 Å². The predicted octanol–water partition coefficient (Wildman–Crippen LogP) is 3.27. The second-order valence-corrected chi connectivity index (χ2v) is 7.29. The summed E-state index contributed by atoms with van der Waals surface area (Å²) < 4.78 is 0. The van der Waals surface area contributed by atoms with E-state index in [1.165, 1.54) is 52.0 Å². The first-order chi connectivity index (χ1) is 11.6. The van der Waals surface area contributed by atoms with Crippen LogP contribution in [0, 0.1) is 5.92 Å². The molecule has 1 N–H and O–H groups in total. The summed E-state index contributed by atoms with van der Waals surface area (Å²) in [7, 11) is 0. The molecule has 24 heavy (non-hydrogen) atoms. The van der Waals surface area contributed by atoms with Gasteiger partial charge < -0.3 is 10.2 Å². The van der Waals surface area contributed by atoms with E-state index >= 15 is 0 Å². The van der Waals surface area contributed by atoms with E-state index in [2.05, 4.69) is 10.2 Å². The number of hydrogen-bond donors (Lipinski definition) is 1. The molecular formula is C20H28N2O2. The quantitative estimate of drug-likeness (QED) is 0.844. The first-order valence-corrected chi connectivity index (χ1v) is 9.27. The lowest BCUT2D eigenvalue weighted by atomic mass is 9.94. The summed E-state index contributed by atoms with van der Waals surface area (Å²) >= 11 is 0. The monoisotopic (exact) mass is 328 g/mol. The van der Waals surface area contributed by atoms with Crippen LogP contribution in [-0.2, 0) is 0 Å². The molecule has 2 aliphatic rings. The molecule has 1 saturated carbocycles. The van der Waals surface area contributed by atoms with Gasteiger partial charge in [0.15, 0.2) is 5.78 Å². The standard InChI is InChI=1S/C20H28N2O2/c1-15(23)17-6-5-7-18(12-17)20(24)21-13-16-10-11-22(14-16)19-8-3-2-4-9-19/h5-7,12,16,19H,2-4,8-11,13-14H2,1H3,(H,21,24)/t16-/m0/s1. The molecular weight excluding hydrogens is 300 g/mol. The fraction of sp³-hybridized carbons (Fsp3) is 0.600. The number of Topliss-reactive ketones (excluding diaryl/α,β-unsaturated/α-hetero) is 1. The van der Waals surface area contributed by atoms with Gasteiger partial charge in [-0.2, -0.15) is 0 Å². The van der Waals surface area contributed by atoms with E-state index in [1.54, 1.807) is 24.3 Å². The number of carbonyl (C=O) groups is 2. The topological polar surface area (TPSA) is 49.4 Å². The molecule has 1 aromatic carbocycles. The van der Waals surface area contributed by atoms with Gasteiger partial charge in [-0.15, -0.1) is 0 Å². The second kappa shape index (κ2) is 7.93. The summed E-state index contributed by atoms with van der Waals surface area (Å²) in [4.78, 5) is 26.4. The Kier molecular flexibility index (Phi) is 5.67. The summed E-state index contributed by atoms with van der Waals surface area (Å²) in [5.41, 5.74) is 1.16. The number of likely N-dealkylation sites (tertiary alicyclic amines) is 1. The van der Waals surface area contributed by atoms with E-state index in [4.69, 9.17) is 0 Å². The molecule has 0 unspecified atom stereocenters. The Labute approximate surface area is 144 Å². The molecule has 4 nitrogen and oxygen atoms in total. The fourth-order valence-corrected chi connectivity index (χ4v) is 4.03. The zero-order valence-corrected chi connectivity index (χ0v) is 14.6. The van der Waals surface area contributed by atoms with Gasteiger partial charge in [0.2, 0.25) is 0 Å². The number of hydrogen-bond acceptors (Lipinski definition) is 3. The minimum absolute atomic E-state index is 0.0106. The van der Waals surface area contributed by atoms with E-state index in [0.29, 0.717) is 17.0 Å². The minimum Gasteiger partial charge on any atom is -0.352 e. The van der Waals surface area contributed by atoms with E-state index < -0.39 is 0 Å². The molecule has 4 heteroatoms. The highest BCUT2D eigenvalue weighted by atomic mass is 16.1.